The molecule has 2 unspecified atom stereocenters. The van der Waals surface area contributed by atoms with Gasteiger partial charge in [-0.25, -0.2) is 0 Å². The van der Waals surface area contributed by atoms with Gasteiger partial charge in [0.15, 0.2) is 0 Å². The maximum atomic E-state index is 11.4. The molecule has 0 amide bonds. The lowest BCUT2D eigenvalue weighted by molar-refractivity contribution is -0.124. The van der Waals surface area contributed by atoms with Crippen LogP contribution in [0.1, 0.15) is 51.9 Å². The molecule has 0 aromatic carbocycles. The molecule has 0 saturated heterocycles. The Morgan fingerprint density at radius 2 is 2.31 bits per heavy atom. The zero-order valence-electron chi connectivity index (χ0n) is 8.59. The number of Topliss-reactive ketones (excluding diaryl/α,β-unsaturated/α-hetero) is 1. The Bertz CT molecular complexity index is 165. The van der Waals surface area contributed by atoms with E-state index in [-0.39, 0.29) is 0 Å². The Labute approximate surface area is 80.9 Å². The first kappa shape index (κ1) is 10.7. The highest BCUT2D eigenvalue weighted by Gasteiger charge is 2.21. The molecule has 1 rings (SSSR count). The molecule has 0 radical (unpaired) electrons. The number of nitrogens with two attached hydrogens (primary N) is 1. The third-order valence-corrected chi connectivity index (χ3v) is 2.89. The van der Waals surface area contributed by atoms with Gasteiger partial charge in [0.05, 0.1) is 0 Å². The van der Waals surface area contributed by atoms with E-state index in [2.05, 4.69) is 0 Å². The molecule has 0 aromatic rings. The Balaban J connectivity index is 2.15. The topological polar surface area (TPSA) is 43.1 Å². The molecule has 0 bridgehead atoms. The minimum atomic E-state index is 0.290. The van der Waals surface area contributed by atoms with Crippen molar-refractivity contribution in [3.8, 4) is 0 Å². The average molecular weight is 183 g/mol. The number of carbonyl (C=O) groups excluding carboxylic acids is 1. The average Bonchev–Trinajstić information content (AvgIpc) is 2.08. The Morgan fingerprint density at radius 3 is 2.92 bits per heavy atom. The smallest absolute Gasteiger partial charge is 0.135 e. The van der Waals surface area contributed by atoms with E-state index in [1.54, 1.807) is 0 Å². The van der Waals surface area contributed by atoms with Crippen molar-refractivity contribution in [2.24, 2.45) is 11.7 Å². The SMILES string of the molecule is CC(N)CCCC1CCCCC1=O. The summed E-state index contributed by atoms with van der Waals surface area (Å²) >= 11 is 0. The number of carbonyl (C=O) groups is 1. The second-order valence-electron chi connectivity index (χ2n) is 4.32. The van der Waals surface area contributed by atoms with E-state index in [1.807, 2.05) is 6.92 Å². The number of hydrogen-bond donors (Lipinski definition) is 1. The molecule has 2 heteroatoms. The lowest BCUT2D eigenvalue weighted by atomic mass is 9.84. The predicted molar refractivity (Wildman–Crippen MR) is 54.5 cm³/mol. The van der Waals surface area contributed by atoms with Crippen molar-refractivity contribution in [3.63, 3.8) is 0 Å². The molecule has 2 nitrogen and oxygen atoms in total. The molecular weight excluding hydrogens is 162 g/mol. The molecule has 0 spiro atoms. The highest BCUT2D eigenvalue weighted by atomic mass is 16.1. The van der Waals surface area contributed by atoms with Crippen LogP contribution in [0.25, 0.3) is 0 Å². The fourth-order valence-electron chi connectivity index (χ4n) is 2.05. The van der Waals surface area contributed by atoms with Crippen LogP contribution in [0.3, 0.4) is 0 Å². The highest BCUT2D eigenvalue weighted by molar-refractivity contribution is 5.81. The first-order chi connectivity index (χ1) is 6.20. The molecule has 1 saturated carbocycles. The molecule has 76 valence electrons. The van der Waals surface area contributed by atoms with Gasteiger partial charge in [-0.05, 0) is 32.6 Å². The summed E-state index contributed by atoms with van der Waals surface area (Å²) in [6.07, 6.45) is 7.55. The van der Waals surface area contributed by atoms with Crippen LogP contribution in [0, 0.1) is 5.92 Å². The van der Waals surface area contributed by atoms with Crippen molar-refractivity contribution >= 4 is 5.78 Å². The normalized spacial score (nSPS) is 26.0. The summed E-state index contributed by atoms with van der Waals surface area (Å²) in [5, 5.41) is 0. The van der Waals surface area contributed by atoms with Crippen LogP contribution in [0.4, 0.5) is 0 Å². The largest absolute Gasteiger partial charge is 0.328 e. The van der Waals surface area contributed by atoms with Crippen molar-refractivity contribution in [1.82, 2.24) is 0 Å². The fraction of sp³-hybridized carbons (Fsp3) is 0.909. The van der Waals surface area contributed by atoms with Gasteiger partial charge in [-0.15, -0.1) is 0 Å². The maximum Gasteiger partial charge on any atom is 0.135 e. The van der Waals surface area contributed by atoms with Crippen molar-refractivity contribution in [2.75, 3.05) is 0 Å². The van der Waals surface area contributed by atoms with Crippen molar-refractivity contribution < 1.29 is 4.79 Å². The molecule has 0 heterocycles. The lowest BCUT2D eigenvalue weighted by Crippen LogP contribution is -2.20. The molecule has 0 aromatic heterocycles. The van der Waals surface area contributed by atoms with Crippen molar-refractivity contribution in [1.29, 1.82) is 0 Å². The van der Waals surface area contributed by atoms with Crippen LogP contribution < -0.4 is 5.73 Å². The van der Waals surface area contributed by atoms with Gasteiger partial charge in [-0.3, -0.25) is 4.79 Å². The first-order valence-corrected chi connectivity index (χ1v) is 5.48. The van der Waals surface area contributed by atoms with Gasteiger partial charge < -0.3 is 5.73 Å². The molecule has 2 atom stereocenters. The first-order valence-electron chi connectivity index (χ1n) is 5.48. The minimum Gasteiger partial charge on any atom is -0.328 e. The Kier molecular flexibility index (Phi) is 4.43. The van der Waals surface area contributed by atoms with Crippen molar-refractivity contribution in [2.45, 2.75) is 57.9 Å². The molecule has 0 aliphatic heterocycles. The van der Waals surface area contributed by atoms with Crippen LogP contribution in [-0.2, 0) is 4.79 Å². The second kappa shape index (κ2) is 5.38. The Morgan fingerprint density at radius 1 is 1.54 bits per heavy atom. The summed E-state index contributed by atoms with van der Waals surface area (Å²) in [5.74, 6) is 0.864. The van der Waals surface area contributed by atoms with Gasteiger partial charge in [-0.1, -0.05) is 12.8 Å². The number of ketones is 1. The van der Waals surface area contributed by atoms with Gasteiger partial charge in [0.25, 0.3) is 0 Å². The van der Waals surface area contributed by atoms with Gasteiger partial charge in [0, 0.05) is 18.4 Å². The van der Waals surface area contributed by atoms with Gasteiger partial charge in [0.1, 0.15) is 5.78 Å². The molecular formula is C11H21NO. The summed E-state index contributed by atoms with van der Waals surface area (Å²) in [6, 6.07) is 0.290. The zero-order valence-corrected chi connectivity index (χ0v) is 8.59. The quantitative estimate of drug-likeness (QED) is 0.726. The standard InChI is InChI=1S/C11H21NO/c1-9(12)5-4-7-10-6-2-3-8-11(10)13/h9-10H,2-8,12H2,1H3. The van der Waals surface area contributed by atoms with Gasteiger partial charge in [0.2, 0.25) is 0 Å². The van der Waals surface area contributed by atoms with Crippen LogP contribution in [0.2, 0.25) is 0 Å². The van der Waals surface area contributed by atoms with E-state index in [9.17, 15) is 4.79 Å². The van der Waals surface area contributed by atoms with Crippen LogP contribution >= 0.6 is 0 Å². The summed E-state index contributed by atoms with van der Waals surface area (Å²) in [4.78, 5) is 11.4. The summed E-state index contributed by atoms with van der Waals surface area (Å²) < 4.78 is 0. The minimum absolute atomic E-state index is 0.290. The van der Waals surface area contributed by atoms with E-state index in [0.717, 1.165) is 38.5 Å². The van der Waals surface area contributed by atoms with Gasteiger partial charge >= 0.3 is 0 Å². The summed E-state index contributed by atoms with van der Waals surface area (Å²) in [5.41, 5.74) is 5.66. The van der Waals surface area contributed by atoms with E-state index in [1.165, 1.54) is 6.42 Å². The van der Waals surface area contributed by atoms with Crippen LogP contribution in [0.15, 0.2) is 0 Å². The maximum absolute atomic E-state index is 11.4. The monoisotopic (exact) mass is 183 g/mol. The zero-order chi connectivity index (χ0) is 9.68. The molecule has 1 aliphatic rings. The highest BCUT2D eigenvalue weighted by Crippen LogP contribution is 2.24. The van der Waals surface area contributed by atoms with Crippen LogP contribution in [-0.4, -0.2) is 11.8 Å². The molecule has 13 heavy (non-hydrogen) atoms. The molecule has 2 N–H and O–H groups in total. The van der Waals surface area contributed by atoms with Crippen molar-refractivity contribution in [3.05, 3.63) is 0 Å². The number of hydrogen-bond acceptors (Lipinski definition) is 2. The summed E-state index contributed by atoms with van der Waals surface area (Å²) in [6.45, 7) is 2.03. The second-order valence-corrected chi connectivity index (χ2v) is 4.32. The third kappa shape index (κ3) is 3.90. The van der Waals surface area contributed by atoms with E-state index in [0.29, 0.717) is 17.7 Å². The van der Waals surface area contributed by atoms with E-state index < -0.39 is 0 Å². The fourth-order valence-corrected chi connectivity index (χ4v) is 2.05. The lowest BCUT2D eigenvalue weighted by Gasteiger charge is -2.20. The number of rotatable bonds is 4. The third-order valence-electron chi connectivity index (χ3n) is 2.89. The molecule has 1 aliphatic carbocycles. The summed E-state index contributed by atoms with van der Waals surface area (Å²) in [7, 11) is 0. The van der Waals surface area contributed by atoms with E-state index in [4.69, 9.17) is 5.73 Å². The predicted octanol–water partition coefficient (Wildman–Crippen LogP) is 2.26. The Hall–Kier alpha value is -0.370. The van der Waals surface area contributed by atoms with Gasteiger partial charge in [-0.2, -0.15) is 0 Å². The van der Waals surface area contributed by atoms with E-state index >= 15 is 0 Å². The van der Waals surface area contributed by atoms with Crippen LogP contribution in [0.5, 0.6) is 0 Å². The molecule has 1 fully saturated rings.